The zero-order valence-corrected chi connectivity index (χ0v) is 21.5. The molecule has 0 spiro atoms. The summed E-state index contributed by atoms with van der Waals surface area (Å²) in [5.74, 6) is -1.30. The molecule has 1 fully saturated rings. The Labute approximate surface area is 233 Å². The van der Waals surface area contributed by atoms with Crippen molar-refractivity contribution in [1.82, 2.24) is 20.0 Å². The van der Waals surface area contributed by atoms with Crippen molar-refractivity contribution in [3.05, 3.63) is 83.4 Å². The molecule has 0 aliphatic carbocycles. The average molecular weight is 600 g/mol. The average Bonchev–Trinajstić information content (AvgIpc) is 2.93. The Morgan fingerprint density at radius 1 is 0.857 bits per heavy atom. The SMILES string of the molecule is O=C(Nc1ccnnc1)Nc1ccc(C(=O)N2CCN(Cc3ccc(C(O)(C(F)(F)F)C(F)(F)F)cc3)CC2)cc1F. The summed E-state index contributed by atoms with van der Waals surface area (Å²) in [6.07, 6.45) is -9.29. The Kier molecular flexibility index (Phi) is 8.68. The molecule has 0 unspecified atom stereocenters. The molecule has 0 bridgehead atoms. The Balaban J connectivity index is 1.32. The molecule has 224 valence electrons. The molecule has 2 heterocycles. The van der Waals surface area contributed by atoms with Crippen LogP contribution in [0.15, 0.2) is 60.9 Å². The van der Waals surface area contributed by atoms with Crippen LogP contribution < -0.4 is 10.6 Å². The van der Waals surface area contributed by atoms with Gasteiger partial charge in [-0.05, 0) is 29.8 Å². The molecule has 42 heavy (non-hydrogen) atoms. The quantitative estimate of drug-likeness (QED) is 0.359. The largest absolute Gasteiger partial charge is 0.430 e. The van der Waals surface area contributed by atoms with Gasteiger partial charge in [0.05, 0.1) is 23.8 Å². The van der Waals surface area contributed by atoms with Gasteiger partial charge in [0.2, 0.25) is 0 Å². The van der Waals surface area contributed by atoms with Crippen molar-refractivity contribution in [3.63, 3.8) is 0 Å². The predicted molar refractivity (Wildman–Crippen MR) is 135 cm³/mol. The molecule has 9 nitrogen and oxygen atoms in total. The van der Waals surface area contributed by atoms with E-state index in [1.165, 1.54) is 35.5 Å². The summed E-state index contributed by atoms with van der Waals surface area (Å²) in [4.78, 5) is 28.3. The summed E-state index contributed by atoms with van der Waals surface area (Å²) in [6, 6.07) is 7.65. The Bertz CT molecular complexity index is 1400. The fourth-order valence-corrected chi connectivity index (χ4v) is 4.29. The number of nitrogens with one attached hydrogen (secondary N) is 2. The van der Waals surface area contributed by atoms with Crippen LogP contribution >= 0.6 is 0 Å². The molecule has 4 rings (SSSR count). The van der Waals surface area contributed by atoms with Crippen LogP contribution in [0.4, 0.5) is 46.9 Å². The lowest BCUT2D eigenvalue weighted by atomic mass is 9.91. The number of nitrogens with zero attached hydrogens (tertiary/aromatic N) is 4. The van der Waals surface area contributed by atoms with Crippen LogP contribution in [0.3, 0.4) is 0 Å². The summed E-state index contributed by atoms with van der Waals surface area (Å²) in [7, 11) is 0. The van der Waals surface area contributed by atoms with E-state index in [2.05, 4.69) is 20.8 Å². The number of hydrogen-bond acceptors (Lipinski definition) is 6. The molecular formula is C26H23F7N6O3. The molecule has 1 aliphatic rings. The van der Waals surface area contributed by atoms with Gasteiger partial charge < -0.3 is 20.6 Å². The van der Waals surface area contributed by atoms with E-state index in [0.717, 1.165) is 18.2 Å². The Morgan fingerprint density at radius 2 is 1.50 bits per heavy atom. The lowest BCUT2D eigenvalue weighted by molar-refractivity contribution is -0.376. The van der Waals surface area contributed by atoms with Crippen molar-refractivity contribution < 1.29 is 45.4 Å². The molecule has 16 heteroatoms. The van der Waals surface area contributed by atoms with Crippen molar-refractivity contribution in [2.45, 2.75) is 24.5 Å². The van der Waals surface area contributed by atoms with Crippen LogP contribution in [0.2, 0.25) is 0 Å². The number of urea groups is 1. The van der Waals surface area contributed by atoms with E-state index in [4.69, 9.17) is 0 Å². The molecule has 0 atom stereocenters. The molecule has 1 aromatic heterocycles. The zero-order valence-electron chi connectivity index (χ0n) is 21.5. The van der Waals surface area contributed by atoms with Gasteiger partial charge in [-0.15, -0.1) is 0 Å². The molecular weight excluding hydrogens is 577 g/mol. The van der Waals surface area contributed by atoms with Crippen LogP contribution in [0.1, 0.15) is 21.5 Å². The topological polar surface area (TPSA) is 111 Å². The maximum Gasteiger partial charge on any atom is 0.430 e. The zero-order chi connectivity index (χ0) is 30.7. The van der Waals surface area contributed by atoms with Gasteiger partial charge >= 0.3 is 18.4 Å². The van der Waals surface area contributed by atoms with Gasteiger partial charge in [0, 0.05) is 43.9 Å². The van der Waals surface area contributed by atoms with E-state index in [9.17, 15) is 45.4 Å². The highest BCUT2D eigenvalue weighted by Gasteiger charge is 2.71. The lowest BCUT2D eigenvalue weighted by Crippen LogP contribution is -2.53. The van der Waals surface area contributed by atoms with Gasteiger partial charge in [-0.1, -0.05) is 24.3 Å². The van der Waals surface area contributed by atoms with Crippen molar-refractivity contribution in [2.24, 2.45) is 0 Å². The second kappa shape index (κ2) is 11.9. The minimum atomic E-state index is -5.97. The number of hydrogen-bond donors (Lipinski definition) is 3. The molecule has 1 saturated heterocycles. The summed E-state index contributed by atoms with van der Waals surface area (Å²) < 4.78 is 93.2. The second-order valence-electron chi connectivity index (χ2n) is 9.38. The molecule has 0 radical (unpaired) electrons. The van der Waals surface area contributed by atoms with Gasteiger partial charge in [-0.25, -0.2) is 9.18 Å². The van der Waals surface area contributed by atoms with Crippen molar-refractivity contribution in [2.75, 3.05) is 36.8 Å². The molecule has 3 N–H and O–H groups in total. The molecule has 1 aliphatic heterocycles. The molecule has 3 amide bonds. The van der Waals surface area contributed by atoms with Crippen molar-refractivity contribution in [3.8, 4) is 0 Å². The number of rotatable bonds is 6. The third-order valence-electron chi connectivity index (χ3n) is 6.56. The minimum Gasteiger partial charge on any atom is -0.369 e. The summed E-state index contributed by atoms with van der Waals surface area (Å²) in [6.45, 7) is 1.28. The van der Waals surface area contributed by atoms with Gasteiger partial charge in [-0.3, -0.25) is 9.69 Å². The third-order valence-corrected chi connectivity index (χ3v) is 6.56. The number of alkyl halides is 6. The third kappa shape index (κ3) is 6.60. The number of amides is 3. The van der Waals surface area contributed by atoms with E-state index >= 15 is 0 Å². The number of anilines is 2. The van der Waals surface area contributed by atoms with Gasteiger partial charge in [0.25, 0.3) is 11.5 Å². The number of carbonyl (C=O) groups is 2. The Morgan fingerprint density at radius 3 is 2.05 bits per heavy atom. The van der Waals surface area contributed by atoms with Crippen LogP contribution in [0, 0.1) is 5.82 Å². The fourth-order valence-electron chi connectivity index (χ4n) is 4.29. The standard InChI is InChI=1S/C26H23F7N6O3/c27-20-13-17(3-6-21(20)37-23(41)36-19-7-8-34-35-14-19)22(40)39-11-9-38(10-12-39)15-16-1-4-18(5-2-16)24(42,25(28,29)30)26(31,32)33/h1-8,13-14,42H,9-12,15H2,(H2,34,36,37,41). The highest BCUT2D eigenvalue weighted by atomic mass is 19.4. The van der Waals surface area contributed by atoms with Gasteiger partial charge in [-0.2, -0.15) is 36.5 Å². The van der Waals surface area contributed by atoms with Crippen LogP contribution in [-0.4, -0.2) is 75.6 Å². The first-order chi connectivity index (χ1) is 19.7. The first-order valence-corrected chi connectivity index (χ1v) is 12.3. The van der Waals surface area contributed by atoms with E-state index in [1.54, 1.807) is 0 Å². The number of halogens is 7. The number of piperazine rings is 1. The monoisotopic (exact) mass is 600 g/mol. The molecule has 0 saturated carbocycles. The summed E-state index contributed by atoms with van der Waals surface area (Å²) in [5, 5.41) is 21.5. The second-order valence-corrected chi connectivity index (χ2v) is 9.38. The smallest absolute Gasteiger partial charge is 0.369 e. The normalized spacial score (nSPS) is 14.9. The van der Waals surface area contributed by atoms with Crippen molar-refractivity contribution in [1.29, 1.82) is 0 Å². The van der Waals surface area contributed by atoms with E-state index in [-0.39, 0.29) is 30.9 Å². The van der Waals surface area contributed by atoms with Crippen LogP contribution in [0.5, 0.6) is 0 Å². The Hall–Kier alpha value is -4.31. The number of aromatic nitrogens is 2. The fraction of sp³-hybridized carbons (Fsp3) is 0.308. The van der Waals surface area contributed by atoms with E-state index in [1.807, 2.05) is 4.90 Å². The lowest BCUT2D eigenvalue weighted by Gasteiger charge is -2.35. The highest BCUT2D eigenvalue weighted by molar-refractivity contribution is 6.00. The van der Waals surface area contributed by atoms with Crippen molar-refractivity contribution >= 4 is 23.3 Å². The highest BCUT2D eigenvalue weighted by Crippen LogP contribution is 2.50. The van der Waals surface area contributed by atoms with Crippen LogP contribution in [0.25, 0.3) is 0 Å². The number of benzene rings is 2. The summed E-state index contributed by atoms with van der Waals surface area (Å²) >= 11 is 0. The minimum absolute atomic E-state index is 0.0441. The maximum atomic E-state index is 14.6. The first kappa shape index (κ1) is 30.6. The predicted octanol–water partition coefficient (Wildman–Crippen LogP) is 4.53. The van der Waals surface area contributed by atoms with E-state index in [0.29, 0.717) is 36.5 Å². The van der Waals surface area contributed by atoms with Gasteiger partial charge in [0.15, 0.2) is 0 Å². The maximum absolute atomic E-state index is 14.6. The van der Waals surface area contributed by atoms with Crippen LogP contribution in [-0.2, 0) is 12.1 Å². The van der Waals surface area contributed by atoms with Gasteiger partial charge in [0.1, 0.15) is 5.82 Å². The molecule has 3 aromatic rings. The summed E-state index contributed by atoms with van der Waals surface area (Å²) in [5.41, 5.74) is -5.72. The van der Waals surface area contributed by atoms with E-state index < -0.39 is 41.3 Å². The molecule has 2 aromatic carbocycles. The first-order valence-electron chi connectivity index (χ1n) is 12.3. The number of carbonyl (C=O) groups excluding carboxylic acids is 2. The number of aliphatic hydroxyl groups is 1.